The molecule has 0 aliphatic heterocycles. The minimum atomic E-state index is -0.818. The van der Waals surface area contributed by atoms with Gasteiger partial charge in [0.25, 0.3) is 0 Å². The monoisotopic (exact) mass is 1140 g/mol. The zero-order valence-corrected chi connectivity index (χ0v) is 53.4. The van der Waals surface area contributed by atoms with Crippen molar-refractivity contribution in [2.75, 3.05) is 13.2 Å². The molecule has 0 saturated carbocycles. The zero-order valence-electron chi connectivity index (χ0n) is 53.4. The van der Waals surface area contributed by atoms with Crippen LogP contribution < -0.4 is 0 Å². The van der Waals surface area contributed by atoms with Crippen LogP contribution in [0.15, 0.2) is 170 Å². The summed E-state index contributed by atoms with van der Waals surface area (Å²) in [5.74, 6) is -0.974. The van der Waals surface area contributed by atoms with Gasteiger partial charge < -0.3 is 14.2 Å². The molecule has 0 saturated heterocycles. The van der Waals surface area contributed by atoms with Gasteiger partial charge in [0, 0.05) is 19.3 Å². The topological polar surface area (TPSA) is 78.9 Å². The van der Waals surface area contributed by atoms with Crippen molar-refractivity contribution < 1.29 is 28.6 Å². The third-order valence-corrected chi connectivity index (χ3v) is 13.7. The molecule has 0 heterocycles. The summed E-state index contributed by atoms with van der Waals surface area (Å²) in [4.78, 5) is 38.4. The van der Waals surface area contributed by atoms with Gasteiger partial charge in [0.1, 0.15) is 13.2 Å². The highest BCUT2D eigenvalue weighted by Gasteiger charge is 2.19. The normalized spacial score (nSPS) is 13.2. The van der Waals surface area contributed by atoms with E-state index in [1.807, 2.05) is 0 Å². The summed E-state index contributed by atoms with van der Waals surface area (Å²) in [6, 6.07) is 0. The third-order valence-electron chi connectivity index (χ3n) is 13.7. The van der Waals surface area contributed by atoms with Crippen LogP contribution in [0.4, 0.5) is 0 Å². The third kappa shape index (κ3) is 67.4. The number of esters is 3. The standard InChI is InChI=1S/C77H122O6/c1-4-7-10-13-16-19-22-25-27-29-31-33-35-37-38-40-41-43-45-47-49-52-55-58-61-64-67-70-76(79)82-73-74(72-81-75(78)69-66-63-60-57-54-51-24-21-18-15-12-9-6-3)83-77(80)71-68-65-62-59-56-53-50-48-46-44-42-39-36-34-32-30-28-26-23-20-17-14-11-8-5-2/h7-12,16-21,25-28,31-34,39,42,46,48,51,53-54,56,74H,4-6,13-15,22-24,29-30,35-38,40-41,43-45,47,49-50,52,55,57-73H2,1-3H3/b10-7-,11-8-,12-9-,19-16-,20-17-,21-18-,27-25-,28-26-,33-31-,34-32-,42-39-,48-46-,54-51-,56-53-. The number of hydrogen-bond donors (Lipinski definition) is 0. The number of allylic oxidation sites excluding steroid dienone is 28. The largest absolute Gasteiger partial charge is 0.462 e. The summed E-state index contributed by atoms with van der Waals surface area (Å²) in [5.41, 5.74) is 0. The lowest BCUT2D eigenvalue weighted by Gasteiger charge is -2.18. The molecule has 83 heavy (non-hydrogen) atoms. The number of rotatable bonds is 59. The Morgan fingerprint density at radius 3 is 0.687 bits per heavy atom. The maximum absolute atomic E-state index is 12.9. The van der Waals surface area contributed by atoms with E-state index in [1.165, 1.54) is 77.0 Å². The molecule has 0 spiro atoms. The molecule has 0 aromatic carbocycles. The summed E-state index contributed by atoms with van der Waals surface area (Å²) < 4.78 is 16.9. The van der Waals surface area contributed by atoms with Crippen molar-refractivity contribution in [1.29, 1.82) is 0 Å². The predicted molar refractivity (Wildman–Crippen MR) is 361 cm³/mol. The molecular weight excluding hydrogens is 1020 g/mol. The number of hydrogen-bond acceptors (Lipinski definition) is 6. The second kappa shape index (κ2) is 69.3. The Kier molecular flexibility index (Phi) is 64.9. The molecule has 0 aromatic rings. The summed E-state index contributed by atoms with van der Waals surface area (Å²) in [7, 11) is 0. The number of ether oxygens (including phenoxy) is 3. The van der Waals surface area contributed by atoms with Crippen molar-refractivity contribution in [3.63, 3.8) is 0 Å². The Hall–Kier alpha value is -5.23. The first-order valence-corrected chi connectivity index (χ1v) is 33.6. The van der Waals surface area contributed by atoms with Crippen molar-refractivity contribution in [2.45, 2.75) is 284 Å². The fraction of sp³-hybridized carbons (Fsp3) is 0.597. The van der Waals surface area contributed by atoms with Crippen LogP contribution in [0.25, 0.3) is 0 Å². The SMILES string of the molecule is CC/C=C\C/C=C\C/C=C\C/C=C\C/C=C\C/C=C\C/C=C\CCCCCC(=O)OC(COC(=O)CCCCC/C=C\C/C=C\C/C=C\CC)COC(=O)CCCCCCCCCCCCCCCC/C=C\C/C=C\C/C=C\C/C=C\CC. The van der Waals surface area contributed by atoms with Crippen LogP contribution in [0.5, 0.6) is 0 Å². The second-order valence-electron chi connectivity index (χ2n) is 21.6. The molecule has 466 valence electrons. The number of carbonyl (C=O) groups excluding carboxylic acids is 3. The van der Waals surface area contributed by atoms with Gasteiger partial charge in [-0.05, 0) is 148 Å². The number of unbranched alkanes of at least 4 members (excludes halogenated alkanes) is 20. The van der Waals surface area contributed by atoms with Gasteiger partial charge in [-0.1, -0.05) is 281 Å². The van der Waals surface area contributed by atoms with Gasteiger partial charge in [-0.15, -0.1) is 0 Å². The van der Waals surface area contributed by atoms with E-state index in [2.05, 4.69) is 191 Å². The van der Waals surface area contributed by atoms with E-state index in [-0.39, 0.29) is 37.5 Å². The van der Waals surface area contributed by atoms with Crippen LogP contribution >= 0.6 is 0 Å². The van der Waals surface area contributed by atoms with Crippen LogP contribution in [-0.2, 0) is 28.6 Å². The first-order chi connectivity index (χ1) is 41.0. The minimum absolute atomic E-state index is 0.108. The highest BCUT2D eigenvalue weighted by atomic mass is 16.6. The first-order valence-electron chi connectivity index (χ1n) is 33.6. The highest BCUT2D eigenvalue weighted by Crippen LogP contribution is 2.15. The summed E-state index contributed by atoms with van der Waals surface area (Å²) in [5, 5.41) is 0. The minimum Gasteiger partial charge on any atom is -0.462 e. The van der Waals surface area contributed by atoms with Gasteiger partial charge in [-0.25, -0.2) is 0 Å². The van der Waals surface area contributed by atoms with Gasteiger partial charge in [0.15, 0.2) is 6.10 Å². The molecule has 0 radical (unpaired) electrons. The molecule has 1 atom stereocenters. The van der Waals surface area contributed by atoms with Crippen molar-refractivity contribution in [3.8, 4) is 0 Å². The smallest absolute Gasteiger partial charge is 0.306 e. The van der Waals surface area contributed by atoms with Crippen LogP contribution in [0, 0.1) is 0 Å². The average Bonchev–Trinajstić information content (AvgIpc) is 3.49. The van der Waals surface area contributed by atoms with E-state index in [4.69, 9.17) is 14.2 Å². The van der Waals surface area contributed by atoms with E-state index < -0.39 is 6.10 Å². The average molecular weight is 1140 g/mol. The van der Waals surface area contributed by atoms with Crippen molar-refractivity contribution in [3.05, 3.63) is 170 Å². The van der Waals surface area contributed by atoms with E-state index in [9.17, 15) is 14.4 Å². The predicted octanol–water partition coefficient (Wildman–Crippen LogP) is 23.4. The van der Waals surface area contributed by atoms with Crippen LogP contribution in [0.1, 0.15) is 278 Å². The summed E-state index contributed by atoms with van der Waals surface area (Å²) >= 11 is 0. The molecule has 0 N–H and O–H groups in total. The van der Waals surface area contributed by atoms with E-state index >= 15 is 0 Å². The lowest BCUT2D eigenvalue weighted by Crippen LogP contribution is -2.30. The molecule has 0 amide bonds. The van der Waals surface area contributed by atoms with Gasteiger partial charge in [0.05, 0.1) is 0 Å². The fourth-order valence-corrected chi connectivity index (χ4v) is 8.78. The van der Waals surface area contributed by atoms with Gasteiger partial charge >= 0.3 is 17.9 Å². The Bertz CT molecular complexity index is 1890. The van der Waals surface area contributed by atoms with Gasteiger partial charge in [0.2, 0.25) is 0 Å². The van der Waals surface area contributed by atoms with Crippen LogP contribution in [0.3, 0.4) is 0 Å². The Morgan fingerprint density at radius 2 is 0.434 bits per heavy atom. The quantitative estimate of drug-likeness (QED) is 0.0261. The van der Waals surface area contributed by atoms with Crippen molar-refractivity contribution in [1.82, 2.24) is 0 Å². The fourth-order valence-electron chi connectivity index (χ4n) is 8.78. The Morgan fingerprint density at radius 1 is 0.241 bits per heavy atom. The van der Waals surface area contributed by atoms with Crippen LogP contribution in [0.2, 0.25) is 0 Å². The maximum Gasteiger partial charge on any atom is 0.306 e. The maximum atomic E-state index is 12.9. The molecule has 6 nitrogen and oxygen atoms in total. The molecule has 0 rings (SSSR count). The zero-order chi connectivity index (χ0) is 59.9. The van der Waals surface area contributed by atoms with E-state index in [1.54, 1.807) is 0 Å². The first kappa shape index (κ1) is 77.8. The van der Waals surface area contributed by atoms with Crippen molar-refractivity contribution >= 4 is 17.9 Å². The van der Waals surface area contributed by atoms with Crippen molar-refractivity contribution in [2.24, 2.45) is 0 Å². The summed E-state index contributed by atoms with van der Waals surface area (Å²) in [6.07, 6.45) is 102. The highest BCUT2D eigenvalue weighted by molar-refractivity contribution is 5.71. The molecule has 0 bridgehead atoms. The lowest BCUT2D eigenvalue weighted by molar-refractivity contribution is -0.167. The van der Waals surface area contributed by atoms with E-state index in [0.29, 0.717) is 19.3 Å². The molecular formula is C77H122O6. The molecule has 0 aromatic heterocycles. The number of carbonyl (C=O) groups is 3. The molecule has 0 aliphatic carbocycles. The molecule has 1 unspecified atom stereocenters. The van der Waals surface area contributed by atoms with Gasteiger partial charge in [-0.3, -0.25) is 14.4 Å². The molecule has 0 aliphatic rings. The molecule has 0 fully saturated rings. The summed E-state index contributed by atoms with van der Waals surface area (Å²) in [6.45, 7) is 6.25. The van der Waals surface area contributed by atoms with E-state index in [0.717, 1.165) is 154 Å². The van der Waals surface area contributed by atoms with Crippen LogP contribution in [-0.4, -0.2) is 37.2 Å². The van der Waals surface area contributed by atoms with Gasteiger partial charge in [-0.2, -0.15) is 0 Å². The lowest BCUT2D eigenvalue weighted by atomic mass is 10.0. The molecule has 6 heteroatoms. The Balaban J connectivity index is 4.40. The second-order valence-corrected chi connectivity index (χ2v) is 21.6. The Labute approximate surface area is 511 Å².